The Morgan fingerprint density at radius 3 is 2.31 bits per heavy atom. The molecule has 1 atom stereocenters. The monoisotopic (exact) mass is 229 g/mol. The summed E-state index contributed by atoms with van der Waals surface area (Å²) in [7, 11) is 6.24. The van der Waals surface area contributed by atoms with Crippen molar-refractivity contribution in [2.75, 3.05) is 47.3 Å². The van der Waals surface area contributed by atoms with E-state index in [-0.39, 0.29) is 0 Å². The van der Waals surface area contributed by atoms with Crippen molar-refractivity contribution >= 4 is 0 Å². The van der Waals surface area contributed by atoms with Crippen LogP contribution in [0, 0.1) is 5.92 Å². The summed E-state index contributed by atoms with van der Waals surface area (Å²) in [4.78, 5) is 4.39. The summed E-state index contributed by atoms with van der Waals surface area (Å²) < 4.78 is 0. The van der Waals surface area contributed by atoms with Gasteiger partial charge in [0.1, 0.15) is 0 Å². The van der Waals surface area contributed by atoms with Crippen LogP contribution in [0.4, 0.5) is 0 Å². The van der Waals surface area contributed by atoms with Crippen molar-refractivity contribution in [3.05, 3.63) is 0 Å². The SMILES string of the molecule is CN(C)CCCN(C)CC(O)(CN)C1CC1. The third-order valence-electron chi connectivity index (χ3n) is 3.38. The molecule has 0 aromatic rings. The molecular weight excluding hydrogens is 202 g/mol. The molecular formula is C12H27N3O. The van der Waals surface area contributed by atoms with Crippen LogP contribution in [0.25, 0.3) is 0 Å². The van der Waals surface area contributed by atoms with Gasteiger partial charge in [-0.3, -0.25) is 0 Å². The minimum Gasteiger partial charge on any atom is -0.387 e. The standard InChI is InChI=1S/C12H27N3O/c1-14(2)7-4-8-15(3)10-12(16,9-13)11-5-6-11/h11,16H,4-10,13H2,1-3H3. The largest absolute Gasteiger partial charge is 0.387 e. The number of hydrogen-bond donors (Lipinski definition) is 2. The molecule has 1 unspecified atom stereocenters. The minimum atomic E-state index is -0.646. The molecule has 0 aromatic carbocycles. The molecule has 0 heterocycles. The van der Waals surface area contributed by atoms with Crippen LogP contribution in [-0.4, -0.2) is 67.8 Å². The summed E-state index contributed by atoms with van der Waals surface area (Å²) in [5.74, 6) is 0.439. The van der Waals surface area contributed by atoms with E-state index in [2.05, 4.69) is 30.9 Å². The molecule has 4 nitrogen and oxygen atoms in total. The first-order valence-corrected chi connectivity index (χ1v) is 6.23. The quantitative estimate of drug-likeness (QED) is 0.614. The number of nitrogens with zero attached hydrogens (tertiary/aromatic N) is 2. The van der Waals surface area contributed by atoms with E-state index in [0.717, 1.165) is 32.4 Å². The number of rotatable bonds is 8. The zero-order valence-electron chi connectivity index (χ0n) is 10.9. The summed E-state index contributed by atoms with van der Waals surface area (Å²) >= 11 is 0. The van der Waals surface area contributed by atoms with Gasteiger partial charge < -0.3 is 20.6 Å². The van der Waals surface area contributed by atoms with Crippen LogP contribution in [0.15, 0.2) is 0 Å². The highest BCUT2D eigenvalue weighted by Crippen LogP contribution is 2.39. The lowest BCUT2D eigenvalue weighted by molar-refractivity contribution is -0.00247. The van der Waals surface area contributed by atoms with Crippen LogP contribution in [-0.2, 0) is 0 Å². The Morgan fingerprint density at radius 2 is 1.88 bits per heavy atom. The smallest absolute Gasteiger partial charge is 0.0923 e. The summed E-state index contributed by atoms with van der Waals surface area (Å²) in [6, 6.07) is 0. The van der Waals surface area contributed by atoms with E-state index in [1.54, 1.807) is 0 Å². The van der Waals surface area contributed by atoms with E-state index >= 15 is 0 Å². The van der Waals surface area contributed by atoms with Gasteiger partial charge in [0.15, 0.2) is 0 Å². The number of likely N-dealkylation sites (N-methyl/N-ethyl adjacent to an activating group) is 1. The van der Waals surface area contributed by atoms with Crippen molar-refractivity contribution in [3.8, 4) is 0 Å². The molecule has 0 amide bonds. The molecule has 0 spiro atoms. The number of hydrogen-bond acceptors (Lipinski definition) is 4. The van der Waals surface area contributed by atoms with Gasteiger partial charge in [0, 0.05) is 13.1 Å². The van der Waals surface area contributed by atoms with E-state index in [9.17, 15) is 5.11 Å². The van der Waals surface area contributed by atoms with E-state index in [0.29, 0.717) is 19.0 Å². The van der Waals surface area contributed by atoms with E-state index in [1.165, 1.54) is 0 Å². The van der Waals surface area contributed by atoms with Crippen LogP contribution < -0.4 is 5.73 Å². The average molecular weight is 229 g/mol. The van der Waals surface area contributed by atoms with Crippen LogP contribution in [0.5, 0.6) is 0 Å². The molecule has 3 N–H and O–H groups in total. The molecule has 1 fully saturated rings. The van der Waals surface area contributed by atoms with E-state index in [1.807, 2.05) is 0 Å². The van der Waals surface area contributed by atoms with Crippen LogP contribution in [0.3, 0.4) is 0 Å². The molecule has 1 aliphatic carbocycles. The van der Waals surface area contributed by atoms with Crippen molar-refractivity contribution in [2.24, 2.45) is 11.7 Å². The normalized spacial score (nSPS) is 20.4. The summed E-state index contributed by atoms with van der Waals surface area (Å²) in [5, 5.41) is 10.4. The molecule has 1 rings (SSSR count). The van der Waals surface area contributed by atoms with Gasteiger partial charge in [0.25, 0.3) is 0 Å². The Morgan fingerprint density at radius 1 is 1.25 bits per heavy atom. The predicted octanol–water partition coefficient (Wildman–Crippen LogP) is -0.0303. The first-order chi connectivity index (χ1) is 7.48. The summed E-state index contributed by atoms with van der Waals surface area (Å²) in [6.07, 6.45) is 3.41. The van der Waals surface area contributed by atoms with Crippen LogP contribution in [0.2, 0.25) is 0 Å². The molecule has 16 heavy (non-hydrogen) atoms. The molecule has 0 radical (unpaired) electrons. The van der Waals surface area contributed by atoms with Gasteiger partial charge in [-0.25, -0.2) is 0 Å². The van der Waals surface area contributed by atoms with Crippen LogP contribution in [0.1, 0.15) is 19.3 Å². The Labute approximate surface area is 99.4 Å². The molecule has 0 aliphatic heterocycles. The fraction of sp³-hybridized carbons (Fsp3) is 1.00. The van der Waals surface area contributed by atoms with Crippen molar-refractivity contribution in [1.29, 1.82) is 0 Å². The molecule has 1 aliphatic rings. The highest BCUT2D eigenvalue weighted by Gasteiger charge is 2.43. The third-order valence-corrected chi connectivity index (χ3v) is 3.38. The lowest BCUT2D eigenvalue weighted by atomic mass is 9.97. The lowest BCUT2D eigenvalue weighted by Crippen LogP contribution is -2.49. The second-order valence-electron chi connectivity index (χ2n) is 5.48. The Kier molecular flexibility index (Phi) is 5.18. The lowest BCUT2D eigenvalue weighted by Gasteiger charge is -2.31. The van der Waals surface area contributed by atoms with E-state index < -0.39 is 5.60 Å². The van der Waals surface area contributed by atoms with Crippen LogP contribution >= 0.6 is 0 Å². The molecule has 0 saturated heterocycles. The number of nitrogens with two attached hydrogens (primary N) is 1. The van der Waals surface area contributed by atoms with E-state index in [4.69, 9.17) is 5.73 Å². The summed E-state index contributed by atoms with van der Waals surface area (Å²) in [6.45, 7) is 3.21. The van der Waals surface area contributed by atoms with Gasteiger partial charge in [0.2, 0.25) is 0 Å². The second kappa shape index (κ2) is 5.96. The third kappa shape index (κ3) is 4.37. The second-order valence-corrected chi connectivity index (χ2v) is 5.48. The zero-order valence-corrected chi connectivity index (χ0v) is 10.9. The molecule has 0 aromatic heterocycles. The molecule has 96 valence electrons. The maximum atomic E-state index is 10.4. The average Bonchev–Trinajstić information content (AvgIpc) is 3.00. The maximum absolute atomic E-state index is 10.4. The fourth-order valence-corrected chi connectivity index (χ4v) is 2.18. The Bertz CT molecular complexity index is 206. The van der Waals surface area contributed by atoms with Crippen molar-refractivity contribution in [2.45, 2.75) is 24.9 Å². The van der Waals surface area contributed by atoms with Crippen molar-refractivity contribution in [3.63, 3.8) is 0 Å². The zero-order chi connectivity index (χ0) is 12.2. The molecule has 1 saturated carbocycles. The van der Waals surface area contributed by atoms with Gasteiger partial charge in [-0.1, -0.05) is 0 Å². The van der Waals surface area contributed by atoms with Gasteiger partial charge in [-0.15, -0.1) is 0 Å². The molecule has 4 heteroatoms. The Hall–Kier alpha value is -0.160. The first-order valence-electron chi connectivity index (χ1n) is 6.23. The topological polar surface area (TPSA) is 52.7 Å². The van der Waals surface area contributed by atoms with Gasteiger partial charge in [-0.2, -0.15) is 0 Å². The number of aliphatic hydroxyl groups is 1. The highest BCUT2D eigenvalue weighted by atomic mass is 16.3. The van der Waals surface area contributed by atoms with Crippen molar-refractivity contribution in [1.82, 2.24) is 9.80 Å². The predicted molar refractivity (Wildman–Crippen MR) is 67.4 cm³/mol. The van der Waals surface area contributed by atoms with Crippen molar-refractivity contribution < 1.29 is 5.11 Å². The first kappa shape index (κ1) is 13.9. The van der Waals surface area contributed by atoms with Gasteiger partial charge in [0.05, 0.1) is 5.60 Å². The highest BCUT2D eigenvalue weighted by molar-refractivity contribution is 4.97. The van der Waals surface area contributed by atoms with Gasteiger partial charge in [-0.05, 0) is 59.4 Å². The summed E-state index contributed by atoms with van der Waals surface area (Å²) in [5.41, 5.74) is 5.04. The fourth-order valence-electron chi connectivity index (χ4n) is 2.18. The van der Waals surface area contributed by atoms with Gasteiger partial charge >= 0.3 is 0 Å². The molecule has 0 bridgehead atoms. The Balaban J connectivity index is 2.23. The maximum Gasteiger partial charge on any atom is 0.0923 e. The minimum absolute atomic E-state index is 0.385.